The van der Waals surface area contributed by atoms with E-state index in [1.54, 1.807) is 7.11 Å². The van der Waals surface area contributed by atoms with Crippen molar-refractivity contribution in [1.29, 1.82) is 0 Å². The second kappa shape index (κ2) is 8.97. The Morgan fingerprint density at radius 3 is 2.61 bits per heavy atom. The fourth-order valence-electron chi connectivity index (χ4n) is 3.02. The summed E-state index contributed by atoms with van der Waals surface area (Å²) < 4.78 is 5.57. The lowest BCUT2D eigenvalue weighted by molar-refractivity contribution is -0.115. The minimum absolute atomic E-state index is 0.146. The van der Waals surface area contributed by atoms with Gasteiger partial charge >= 0.3 is 0 Å². The Kier molecular flexibility index (Phi) is 6.41. The third-order valence-electron chi connectivity index (χ3n) is 4.62. The molecule has 0 unspecified atom stereocenters. The van der Waals surface area contributed by atoms with Gasteiger partial charge in [-0.05, 0) is 62.4 Å². The smallest absolute Gasteiger partial charge is 0.264 e. The Balaban J connectivity index is 1.87. The quantitative estimate of drug-likeness (QED) is 0.718. The number of benzene rings is 2. The van der Waals surface area contributed by atoms with Crippen LogP contribution in [0.15, 0.2) is 52.4 Å². The van der Waals surface area contributed by atoms with Crippen molar-refractivity contribution in [2.75, 3.05) is 25.1 Å². The molecule has 0 spiro atoms. The molecule has 0 bridgehead atoms. The summed E-state index contributed by atoms with van der Waals surface area (Å²) in [5.41, 5.74) is 3.89. The molecule has 0 aromatic heterocycles. The molecule has 28 heavy (non-hydrogen) atoms. The molecule has 0 aliphatic carbocycles. The Hall–Kier alpha value is -2.73. The van der Waals surface area contributed by atoms with E-state index in [1.807, 2.05) is 49.4 Å². The molecule has 1 aliphatic heterocycles. The molecule has 1 fully saturated rings. The van der Waals surface area contributed by atoms with Gasteiger partial charge < -0.3 is 15.0 Å². The second-order valence-electron chi connectivity index (χ2n) is 6.37. The normalized spacial score (nSPS) is 16.5. The molecule has 3 rings (SSSR count). The number of para-hydroxylation sites is 1. The summed E-state index contributed by atoms with van der Waals surface area (Å²) in [6, 6.07) is 13.9. The predicted molar refractivity (Wildman–Crippen MR) is 119 cm³/mol. The van der Waals surface area contributed by atoms with Gasteiger partial charge in [-0.15, -0.1) is 0 Å². The third kappa shape index (κ3) is 4.39. The largest absolute Gasteiger partial charge is 0.496 e. The van der Waals surface area contributed by atoms with Crippen molar-refractivity contribution in [1.82, 2.24) is 5.32 Å². The molecule has 1 heterocycles. The third-order valence-corrected chi connectivity index (χ3v) is 5.53. The van der Waals surface area contributed by atoms with Gasteiger partial charge in [-0.1, -0.05) is 18.2 Å². The van der Waals surface area contributed by atoms with Crippen LogP contribution < -0.4 is 15.0 Å². The van der Waals surface area contributed by atoms with E-state index < -0.39 is 0 Å². The minimum Gasteiger partial charge on any atom is -0.496 e. The van der Waals surface area contributed by atoms with Crippen molar-refractivity contribution >= 4 is 40.3 Å². The summed E-state index contributed by atoms with van der Waals surface area (Å²) in [6.45, 7) is 8.11. The topological polar surface area (TPSA) is 53.9 Å². The average Bonchev–Trinajstić information content (AvgIpc) is 3.04. The molecule has 0 radical (unpaired) electrons. The number of hydrogen-bond acceptors (Lipinski definition) is 5. The number of rotatable bonds is 6. The molecule has 146 valence electrons. The van der Waals surface area contributed by atoms with Crippen LogP contribution in [0.1, 0.15) is 25.0 Å². The first kappa shape index (κ1) is 20.0. The summed E-state index contributed by atoms with van der Waals surface area (Å²) in [4.78, 5) is 19.8. The highest BCUT2D eigenvalue weighted by Gasteiger charge is 2.24. The number of amidine groups is 1. The summed E-state index contributed by atoms with van der Waals surface area (Å²) >= 11 is 1.34. The molecule has 6 heteroatoms. The van der Waals surface area contributed by atoms with Crippen LogP contribution in [0.5, 0.6) is 5.75 Å². The Morgan fingerprint density at radius 2 is 1.93 bits per heavy atom. The van der Waals surface area contributed by atoms with Gasteiger partial charge in [0, 0.05) is 30.4 Å². The summed E-state index contributed by atoms with van der Waals surface area (Å²) in [5, 5.41) is 3.43. The molecule has 2 aromatic carbocycles. The molecule has 0 atom stereocenters. The van der Waals surface area contributed by atoms with Crippen LogP contribution in [0.2, 0.25) is 0 Å². The number of nitrogens with zero attached hydrogens (tertiary/aromatic N) is 2. The first-order chi connectivity index (χ1) is 13.5. The Labute approximate surface area is 170 Å². The van der Waals surface area contributed by atoms with Crippen molar-refractivity contribution in [2.45, 2.75) is 20.8 Å². The molecule has 1 saturated heterocycles. The maximum Gasteiger partial charge on any atom is 0.264 e. The van der Waals surface area contributed by atoms with E-state index in [-0.39, 0.29) is 5.91 Å². The van der Waals surface area contributed by atoms with Crippen LogP contribution >= 0.6 is 11.8 Å². The highest BCUT2D eigenvalue weighted by molar-refractivity contribution is 8.18. The number of carbonyl (C=O) groups is 1. The number of amides is 1. The van der Waals surface area contributed by atoms with Crippen molar-refractivity contribution in [3.63, 3.8) is 0 Å². The molecule has 1 amide bonds. The van der Waals surface area contributed by atoms with E-state index in [0.29, 0.717) is 10.1 Å². The number of aryl methyl sites for hydroxylation is 1. The number of anilines is 1. The lowest BCUT2D eigenvalue weighted by Crippen LogP contribution is -2.21. The zero-order valence-corrected chi connectivity index (χ0v) is 17.5. The average molecular weight is 396 g/mol. The first-order valence-corrected chi connectivity index (χ1v) is 10.2. The second-order valence-corrected chi connectivity index (χ2v) is 7.40. The zero-order valence-electron chi connectivity index (χ0n) is 16.7. The van der Waals surface area contributed by atoms with Gasteiger partial charge in [-0.2, -0.15) is 0 Å². The van der Waals surface area contributed by atoms with Crippen LogP contribution in [0.25, 0.3) is 6.08 Å². The maximum absolute atomic E-state index is 12.4. The minimum atomic E-state index is -0.146. The van der Waals surface area contributed by atoms with Gasteiger partial charge in [0.1, 0.15) is 5.75 Å². The van der Waals surface area contributed by atoms with Gasteiger partial charge in [0.2, 0.25) is 0 Å². The van der Waals surface area contributed by atoms with Gasteiger partial charge in [0.25, 0.3) is 5.91 Å². The number of thioether (sulfide) groups is 1. The van der Waals surface area contributed by atoms with Gasteiger partial charge in [0.05, 0.1) is 17.7 Å². The van der Waals surface area contributed by atoms with E-state index in [9.17, 15) is 4.79 Å². The summed E-state index contributed by atoms with van der Waals surface area (Å²) in [7, 11) is 1.65. The lowest BCUT2D eigenvalue weighted by atomic mass is 10.1. The van der Waals surface area contributed by atoms with Crippen LogP contribution in [-0.4, -0.2) is 31.3 Å². The van der Waals surface area contributed by atoms with Crippen LogP contribution in [0.4, 0.5) is 11.4 Å². The number of ether oxygens (including phenoxy) is 1. The SMILES string of the molecule is CCN(CC)c1ccc(/C=C2\SC(=Nc3ccccc3C)NC2=O)c(OC)c1. The van der Waals surface area contributed by atoms with Crippen molar-refractivity contribution < 1.29 is 9.53 Å². The summed E-state index contributed by atoms with van der Waals surface area (Å²) in [6.07, 6.45) is 1.85. The van der Waals surface area contributed by atoms with Crippen LogP contribution in [0, 0.1) is 6.92 Å². The number of carbonyl (C=O) groups excluding carboxylic acids is 1. The molecule has 0 saturated carbocycles. The summed E-state index contributed by atoms with van der Waals surface area (Å²) in [5.74, 6) is 0.599. The maximum atomic E-state index is 12.4. The fraction of sp³-hybridized carbons (Fsp3) is 0.273. The van der Waals surface area contributed by atoms with Crippen LogP contribution in [0.3, 0.4) is 0 Å². The highest BCUT2D eigenvalue weighted by atomic mass is 32.2. The van der Waals surface area contributed by atoms with E-state index in [1.165, 1.54) is 11.8 Å². The Bertz CT molecular complexity index is 933. The number of nitrogens with one attached hydrogen (secondary N) is 1. The predicted octanol–water partition coefficient (Wildman–Crippen LogP) is 4.74. The number of aliphatic imine (C=N–C) groups is 1. The van der Waals surface area contributed by atoms with Gasteiger partial charge in [0.15, 0.2) is 5.17 Å². The van der Waals surface area contributed by atoms with Gasteiger partial charge in [-0.25, -0.2) is 4.99 Å². The van der Waals surface area contributed by atoms with E-state index in [2.05, 4.69) is 35.1 Å². The van der Waals surface area contributed by atoms with Crippen molar-refractivity contribution in [3.05, 3.63) is 58.5 Å². The molecular weight excluding hydrogens is 370 g/mol. The fourth-order valence-corrected chi connectivity index (χ4v) is 3.85. The van der Waals surface area contributed by atoms with Crippen molar-refractivity contribution in [2.24, 2.45) is 4.99 Å². The number of methoxy groups -OCH3 is 1. The monoisotopic (exact) mass is 395 g/mol. The molecule has 1 aliphatic rings. The zero-order chi connectivity index (χ0) is 20.1. The number of hydrogen-bond donors (Lipinski definition) is 1. The van der Waals surface area contributed by atoms with Crippen molar-refractivity contribution in [3.8, 4) is 5.75 Å². The molecule has 1 N–H and O–H groups in total. The van der Waals surface area contributed by atoms with E-state index in [4.69, 9.17) is 4.74 Å². The molecule has 5 nitrogen and oxygen atoms in total. The molecular formula is C22H25N3O2S. The molecule has 2 aromatic rings. The lowest BCUT2D eigenvalue weighted by Gasteiger charge is -2.22. The van der Waals surface area contributed by atoms with E-state index in [0.717, 1.165) is 41.3 Å². The Morgan fingerprint density at radius 1 is 1.18 bits per heavy atom. The highest BCUT2D eigenvalue weighted by Crippen LogP contribution is 2.33. The van der Waals surface area contributed by atoms with E-state index >= 15 is 0 Å². The standard InChI is InChI=1S/C22H25N3O2S/c1-5-25(6-2)17-12-11-16(19(14-17)27-4)13-20-21(26)24-22(28-20)23-18-10-8-7-9-15(18)3/h7-14H,5-6H2,1-4H3,(H,23,24,26)/b20-13-. The first-order valence-electron chi connectivity index (χ1n) is 9.33. The van der Waals surface area contributed by atoms with Gasteiger partial charge in [-0.3, -0.25) is 4.79 Å². The van der Waals surface area contributed by atoms with Crippen LogP contribution in [-0.2, 0) is 4.79 Å².